The lowest BCUT2D eigenvalue weighted by Gasteiger charge is -2.21. The molecule has 0 atom stereocenters. The zero-order valence-electron chi connectivity index (χ0n) is 25.6. The predicted octanol–water partition coefficient (Wildman–Crippen LogP) is 5.71. The first kappa shape index (κ1) is 33.9. The topological polar surface area (TPSA) is 86.6 Å². The third kappa shape index (κ3) is 9.27. The van der Waals surface area contributed by atoms with Crippen LogP contribution in [-0.2, 0) is 17.6 Å². The fourth-order valence-corrected chi connectivity index (χ4v) is 5.13. The number of para-hydroxylation sites is 2. The molecule has 4 aliphatic heterocycles. The molecule has 3 aromatic carbocycles. The van der Waals surface area contributed by atoms with E-state index in [0.717, 1.165) is 72.6 Å². The summed E-state index contributed by atoms with van der Waals surface area (Å²) in [6, 6.07) is 10.3. The van der Waals surface area contributed by atoms with Crippen LogP contribution in [0.25, 0.3) is 6.08 Å². The van der Waals surface area contributed by atoms with Crippen LogP contribution in [0, 0.1) is 37.8 Å². The minimum Gasteiger partial charge on any atom is -0.524 e. The molecule has 0 aliphatic carbocycles. The summed E-state index contributed by atoms with van der Waals surface area (Å²) in [4.78, 5) is 0. The second-order valence-electron chi connectivity index (χ2n) is 10.6. The third-order valence-electron chi connectivity index (χ3n) is 7.54. The van der Waals surface area contributed by atoms with Crippen LogP contribution in [-0.4, -0.2) is 51.3 Å². The van der Waals surface area contributed by atoms with E-state index in [4.69, 9.17) is 40.0 Å². The number of fused-ring (bicyclic) bond motifs is 3. The van der Waals surface area contributed by atoms with Gasteiger partial charge in [0, 0.05) is 29.9 Å². The molecule has 1 saturated heterocycles. The van der Waals surface area contributed by atoms with E-state index in [1.54, 1.807) is 0 Å². The van der Waals surface area contributed by atoms with Gasteiger partial charge in [0.2, 0.25) is 0 Å². The van der Waals surface area contributed by atoms with Crippen molar-refractivity contribution in [3.05, 3.63) is 87.4 Å². The Bertz CT molecular complexity index is 1480. The summed E-state index contributed by atoms with van der Waals surface area (Å²) in [7, 11) is -0.199. The van der Waals surface area contributed by atoms with Gasteiger partial charge in [0.1, 0.15) is 11.5 Å². The maximum Gasteiger partial charge on any atom is 0.658 e. The molecule has 7 nitrogen and oxygen atoms in total. The van der Waals surface area contributed by atoms with Crippen LogP contribution >= 0.6 is 0 Å². The van der Waals surface area contributed by atoms with Gasteiger partial charge in [-0.05, 0) is 93.3 Å². The lowest BCUT2D eigenvalue weighted by atomic mass is 9.88. The molecule has 3 aromatic rings. The summed E-state index contributed by atoms with van der Waals surface area (Å²) >= 11 is 0. The van der Waals surface area contributed by atoms with Gasteiger partial charge in [-0.3, -0.25) is 0 Å². The quantitative estimate of drug-likeness (QED) is 0.282. The van der Waals surface area contributed by atoms with Gasteiger partial charge in [-0.1, -0.05) is 30.1 Å². The maximum atomic E-state index is 13.8. The number of benzene rings is 3. The van der Waals surface area contributed by atoms with Crippen molar-refractivity contribution in [1.29, 1.82) is 0 Å². The second kappa shape index (κ2) is 16.9. The fraction of sp³-hybridized carbons (Fsp3) is 0.353. The molecule has 0 amide bonds. The highest BCUT2D eigenvalue weighted by atomic mass is 19.1. The number of rotatable bonds is 2. The SMILES string of the molecule is C#Cc1cc(F)c2c(c1C)CCCO2.C1CCOC1.Cc1c(/C=C/B(O)O)cc(F)c2c1CCCO2.[B]1Oc2ccccc2O1. The van der Waals surface area contributed by atoms with Crippen LogP contribution in [0.1, 0.15) is 59.1 Å². The van der Waals surface area contributed by atoms with Crippen molar-refractivity contribution in [1.82, 2.24) is 0 Å². The van der Waals surface area contributed by atoms with E-state index in [1.165, 1.54) is 44.7 Å². The molecule has 0 bridgehead atoms. The normalized spacial score (nSPS) is 15.1. The van der Waals surface area contributed by atoms with Crippen LogP contribution in [0.5, 0.6) is 23.0 Å². The van der Waals surface area contributed by atoms with Gasteiger partial charge >= 0.3 is 14.8 Å². The third-order valence-corrected chi connectivity index (χ3v) is 7.54. The zero-order valence-corrected chi connectivity index (χ0v) is 25.6. The van der Waals surface area contributed by atoms with E-state index in [1.807, 2.05) is 38.1 Å². The zero-order chi connectivity index (χ0) is 32.2. The van der Waals surface area contributed by atoms with Crippen LogP contribution in [0.4, 0.5) is 8.78 Å². The lowest BCUT2D eigenvalue weighted by Crippen LogP contribution is -2.12. The maximum absolute atomic E-state index is 13.8. The van der Waals surface area contributed by atoms with Gasteiger partial charge in [-0.25, -0.2) is 8.78 Å². The second-order valence-corrected chi connectivity index (χ2v) is 10.6. The van der Waals surface area contributed by atoms with Gasteiger partial charge < -0.3 is 33.6 Å². The molecule has 1 fully saturated rings. The Hall–Kier alpha value is -3.97. The first-order valence-electron chi connectivity index (χ1n) is 15.0. The molecule has 11 heteroatoms. The minimum atomic E-state index is -1.52. The molecule has 0 spiro atoms. The summed E-state index contributed by atoms with van der Waals surface area (Å²) in [5.74, 6) is 5.29. The Kier molecular flexibility index (Phi) is 12.8. The minimum absolute atomic E-state index is 0.335. The predicted molar refractivity (Wildman–Crippen MR) is 171 cm³/mol. The van der Waals surface area contributed by atoms with Crippen LogP contribution in [0.15, 0.2) is 42.4 Å². The van der Waals surface area contributed by atoms with Gasteiger partial charge in [-0.2, -0.15) is 0 Å². The first-order valence-corrected chi connectivity index (χ1v) is 15.0. The number of terminal acetylenes is 1. The molecule has 45 heavy (non-hydrogen) atoms. The molecule has 4 heterocycles. The number of ether oxygens (including phenoxy) is 3. The number of halogens is 2. The highest BCUT2D eigenvalue weighted by Crippen LogP contribution is 2.34. The monoisotopic (exact) mass is 617 g/mol. The van der Waals surface area contributed by atoms with Crippen LogP contribution in [0.2, 0.25) is 0 Å². The van der Waals surface area contributed by atoms with Crippen molar-refractivity contribution in [2.45, 2.75) is 52.4 Å². The molecular formula is C34H37B2F2O7. The Morgan fingerprint density at radius 2 is 1.38 bits per heavy atom. The Balaban J connectivity index is 0.000000147. The Morgan fingerprint density at radius 1 is 0.822 bits per heavy atom. The molecule has 7 rings (SSSR count). The van der Waals surface area contributed by atoms with E-state index in [9.17, 15) is 8.78 Å². The number of hydrogen-bond acceptors (Lipinski definition) is 7. The summed E-state index contributed by atoms with van der Waals surface area (Å²) in [5.41, 5.74) is 5.00. The van der Waals surface area contributed by atoms with E-state index < -0.39 is 12.9 Å². The first-order chi connectivity index (χ1) is 21.8. The molecule has 4 aliphatic rings. The smallest absolute Gasteiger partial charge is 0.524 e. The van der Waals surface area contributed by atoms with Gasteiger partial charge in [0.05, 0.1) is 13.2 Å². The summed E-state index contributed by atoms with van der Waals surface area (Å²) < 4.78 is 52.7. The van der Waals surface area contributed by atoms with Crippen molar-refractivity contribution in [3.63, 3.8) is 0 Å². The summed E-state index contributed by atoms with van der Waals surface area (Å²) in [6.07, 6.45) is 12.8. The average molecular weight is 617 g/mol. The lowest BCUT2D eigenvalue weighted by molar-refractivity contribution is 0.198. The van der Waals surface area contributed by atoms with Crippen molar-refractivity contribution in [2.24, 2.45) is 0 Å². The fourth-order valence-electron chi connectivity index (χ4n) is 5.13. The molecule has 2 N–H and O–H groups in total. The summed E-state index contributed by atoms with van der Waals surface area (Å²) in [5, 5.41) is 17.5. The molecule has 0 aromatic heterocycles. The van der Waals surface area contributed by atoms with Gasteiger partial charge in [0.15, 0.2) is 23.1 Å². The molecule has 235 valence electrons. The van der Waals surface area contributed by atoms with Crippen molar-refractivity contribution < 1.29 is 42.3 Å². The van der Waals surface area contributed by atoms with E-state index >= 15 is 0 Å². The average Bonchev–Trinajstić information content (AvgIpc) is 3.81. The Labute approximate surface area is 264 Å². The largest absolute Gasteiger partial charge is 0.658 e. The molecular weight excluding hydrogens is 580 g/mol. The molecule has 0 unspecified atom stereocenters. The Morgan fingerprint density at radius 3 is 1.89 bits per heavy atom. The standard InChI is InChI=1S/C12H14BFO3.C12H11FO.C6H4BO2.C4H8O/c1-8-9(4-5-13(15)16)7-11(14)12-10(8)3-2-6-17-12;1-3-9-7-11(13)12-10(8(9)2)5-4-6-14-12;1-2-4-6-5(3-1)8-7-9-6;1-2-4-5-3-1/h4-5,7,15-16H,2-3,6H2,1H3;1,7H,4-6H2,2H3;1-4H;1-4H2/b5-4+;;;. The van der Waals surface area contributed by atoms with Crippen molar-refractivity contribution in [2.75, 3.05) is 26.4 Å². The van der Waals surface area contributed by atoms with Crippen LogP contribution in [0.3, 0.4) is 0 Å². The van der Waals surface area contributed by atoms with Crippen molar-refractivity contribution >= 4 is 20.9 Å². The molecule has 1 radical (unpaired) electrons. The van der Waals surface area contributed by atoms with Crippen LogP contribution < -0.4 is 18.8 Å². The van der Waals surface area contributed by atoms with Crippen molar-refractivity contribution in [3.8, 4) is 35.3 Å². The van der Waals surface area contributed by atoms with E-state index in [2.05, 4.69) is 5.92 Å². The van der Waals surface area contributed by atoms with E-state index in [0.29, 0.717) is 35.8 Å². The molecule has 0 saturated carbocycles. The van der Waals surface area contributed by atoms with E-state index in [-0.39, 0.29) is 5.82 Å². The van der Waals surface area contributed by atoms with Gasteiger partial charge in [0.25, 0.3) is 0 Å². The highest BCUT2D eigenvalue weighted by Gasteiger charge is 2.20. The van der Waals surface area contributed by atoms with Gasteiger partial charge in [-0.15, -0.1) is 6.42 Å². The summed E-state index contributed by atoms with van der Waals surface area (Å²) in [6.45, 7) is 6.95. The number of hydrogen-bond donors (Lipinski definition) is 2. The highest BCUT2D eigenvalue weighted by molar-refractivity contribution is 6.48.